The Morgan fingerprint density at radius 3 is 2.40 bits per heavy atom. The van der Waals surface area contributed by atoms with Crippen LogP contribution in [0.25, 0.3) is 0 Å². The van der Waals surface area contributed by atoms with Crippen LogP contribution in [0.1, 0.15) is 45.4 Å². The van der Waals surface area contributed by atoms with Crippen molar-refractivity contribution in [3.63, 3.8) is 0 Å². The molecule has 4 heteroatoms. The van der Waals surface area contributed by atoms with E-state index >= 15 is 0 Å². The highest BCUT2D eigenvalue weighted by Crippen LogP contribution is 2.40. The van der Waals surface area contributed by atoms with Gasteiger partial charge in [-0.2, -0.15) is 0 Å². The molecule has 0 spiro atoms. The summed E-state index contributed by atoms with van der Waals surface area (Å²) in [4.78, 5) is 0. The molecule has 0 amide bonds. The highest BCUT2D eigenvalue weighted by Gasteiger charge is 2.33. The molecule has 0 atom stereocenters. The van der Waals surface area contributed by atoms with E-state index in [0.29, 0.717) is 0 Å². The van der Waals surface area contributed by atoms with Gasteiger partial charge in [-0.25, -0.2) is 4.31 Å². The summed E-state index contributed by atoms with van der Waals surface area (Å²) in [6, 6.07) is 0. The van der Waals surface area contributed by atoms with Crippen molar-refractivity contribution in [2.24, 2.45) is 0 Å². The molecule has 0 saturated carbocycles. The van der Waals surface area contributed by atoms with E-state index in [1.54, 1.807) is 11.9 Å². The normalized spacial score (nSPS) is 19.9. The summed E-state index contributed by atoms with van der Waals surface area (Å²) in [6.07, 6.45) is 9.64. The summed E-state index contributed by atoms with van der Waals surface area (Å²) >= 11 is 13.8. The molecule has 88 valence electrons. The number of rotatable bonds is 7. The summed E-state index contributed by atoms with van der Waals surface area (Å²) < 4.78 is 1.24. The molecule has 1 aliphatic rings. The van der Waals surface area contributed by atoms with Crippen molar-refractivity contribution in [1.29, 1.82) is 0 Å². The second-order valence-corrected chi connectivity index (χ2v) is 6.14. The van der Waals surface area contributed by atoms with Gasteiger partial charge in [-0.05, 0) is 29.9 Å². The number of hydrogen-bond acceptors (Lipinski definition) is 2. The zero-order valence-electron chi connectivity index (χ0n) is 9.22. The third kappa shape index (κ3) is 4.99. The van der Waals surface area contributed by atoms with Crippen LogP contribution >= 0.6 is 35.1 Å². The van der Waals surface area contributed by atoms with Crippen molar-refractivity contribution >= 4 is 35.1 Å². The van der Waals surface area contributed by atoms with Crippen molar-refractivity contribution in [2.45, 2.75) is 49.9 Å². The Hall–Kier alpha value is 0.630. The molecule has 0 bridgehead atoms. The van der Waals surface area contributed by atoms with E-state index in [0.717, 1.165) is 6.54 Å². The molecule has 1 aliphatic heterocycles. The fourth-order valence-electron chi connectivity index (χ4n) is 1.58. The highest BCUT2D eigenvalue weighted by atomic mass is 35.5. The molecule has 0 unspecified atom stereocenters. The fourth-order valence-corrected chi connectivity index (χ4v) is 3.10. The van der Waals surface area contributed by atoms with Crippen LogP contribution in [-0.4, -0.2) is 15.3 Å². The third-order valence-corrected chi connectivity index (χ3v) is 4.35. The van der Waals surface area contributed by atoms with Crippen LogP contribution in [0.3, 0.4) is 0 Å². The van der Waals surface area contributed by atoms with Crippen LogP contribution in [0.15, 0.2) is 11.5 Å². The topological polar surface area (TPSA) is 3.24 Å². The van der Waals surface area contributed by atoms with Gasteiger partial charge >= 0.3 is 0 Å². The number of nitrogens with zero attached hydrogens (tertiary/aromatic N) is 1. The maximum absolute atomic E-state index is 6.08. The first-order valence-corrected chi connectivity index (χ1v) is 7.26. The van der Waals surface area contributed by atoms with Gasteiger partial charge in [-0.1, -0.05) is 62.2 Å². The monoisotopic (exact) mass is 267 g/mol. The Kier molecular flexibility index (Phi) is 6.44. The van der Waals surface area contributed by atoms with E-state index in [2.05, 4.69) is 6.92 Å². The Morgan fingerprint density at radius 1 is 1.13 bits per heavy atom. The average Bonchev–Trinajstić information content (AvgIpc) is 2.52. The summed E-state index contributed by atoms with van der Waals surface area (Å²) in [7, 11) is 0. The molecule has 0 N–H and O–H groups in total. The summed E-state index contributed by atoms with van der Waals surface area (Å²) in [5.41, 5.74) is 0. The summed E-state index contributed by atoms with van der Waals surface area (Å²) in [5, 5.41) is 1.96. The number of unbranched alkanes of at least 4 members (excludes halogenated alkanes) is 5. The van der Waals surface area contributed by atoms with Gasteiger partial charge < -0.3 is 0 Å². The van der Waals surface area contributed by atoms with E-state index in [9.17, 15) is 0 Å². The van der Waals surface area contributed by atoms with E-state index in [1.807, 2.05) is 15.8 Å². The van der Waals surface area contributed by atoms with Crippen molar-refractivity contribution in [3.05, 3.63) is 11.5 Å². The van der Waals surface area contributed by atoms with Crippen LogP contribution in [0.5, 0.6) is 0 Å². The van der Waals surface area contributed by atoms with Crippen molar-refractivity contribution in [2.75, 3.05) is 6.54 Å². The van der Waals surface area contributed by atoms with Crippen LogP contribution in [-0.2, 0) is 0 Å². The zero-order valence-corrected chi connectivity index (χ0v) is 11.5. The largest absolute Gasteiger partial charge is 0.210 e. The SMILES string of the molecule is CCCCCCCCN1SC=CC1(Cl)Cl. The van der Waals surface area contributed by atoms with E-state index < -0.39 is 4.46 Å². The summed E-state index contributed by atoms with van der Waals surface area (Å²) in [5.74, 6) is 0. The first kappa shape index (κ1) is 13.7. The van der Waals surface area contributed by atoms with Crippen molar-refractivity contribution in [3.8, 4) is 0 Å². The average molecular weight is 268 g/mol. The lowest BCUT2D eigenvalue weighted by molar-refractivity contribution is 0.435. The van der Waals surface area contributed by atoms with Gasteiger partial charge in [0.25, 0.3) is 0 Å². The van der Waals surface area contributed by atoms with Crippen LogP contribution < -0.4 is 0 Å². The van der Waals surface area contributed by atoms with Gasteiger partial charge in [-0.15, -0.1) is 0 Å². The Balaban J connectivity index is 2.01. The van der Waals surface area contributed by atoms with E-state index in [4.69, 9.17) is 23.2 Å². The van der Waals surface area contributed by atoms with Gasteiger partial charge in [0.2, 0.25) is 0 Å². The molecule has 1 rings (SSSR count). The minimum absolute atomic E-state index is 0.784. The molecule has 1 nitrogen and oxygen atoms in total. The molecule has 1 heterocycles. The van der Waals surface area contributed by atoms with Gasteiger partial charge in [0.05, 0.1) is 0 Å². The van der Waals surface area contributed by atoms with Crippen molar-refractivity contribution in [1.82, 2.24) is 4.31 Å². The predicted molar refractivity (Wildman–Crippen MR) is 71.3 cm³/mol. The lowest BCUT2D eigenvalue weighted by Crippen LogP contribution is -2.29. The first-order valence-electron chi connectivity index (χ1n) is 5.67. The first-order chi connectivity index (χ1) is 7.17. The molecule has 0 aliphatic carbocycles. The predicted octanol–water partition coefficient (Wildman–Crippen LogP) is 4.96. The molecule has 0 fully saturated rings. The Bertz CT molecular complexity index is 207. The zero-order chi connectivity index (χ0) is 11.1. The molecule has 0 radical (unpaired) electrons. The minimum Gasteiger partial charge on any atom is -0.210 e. The summed E-state index contributed by atoms with van der Waals surface area (Å²) in [6.45, 7) is 3.21. The maximum Gasteiger partial charge on any atom is 0.200 e. The standard InChI is InChI=1S/C11H19Cl2NS/c1-2-3-4-5-6-7-9-14-11(12,13)8-10-15-14/h8,10H,2-7,9H2,1H3. The van der Waals surface area contributed by atoms with Gasteiger partial charge in [0.1, 0.15) is 0 Å². The number of halogens is 2. The van der Waals surface area contributed by atoms with Crippen molar-refractivity contribution < 1.29 is 0 Å². The van der Waals surface area contributed by atoms with Gasteiger partial charge in [0, 0.05) is 6.54 Å². The number of hydrogen-bond donors (Lipinski definition) is 0. The molecular formula is C11H19Cl2NS. The van der Waals surface area contributed by atoms with Crippen LogP contribution in [0.4, 0.5) is 0 Å². The highest BCUT2D eigenvalue weighted by molar-refractivity contribution is 8.00. The van der Waals surface area contributed by atoms with E-state index in [-0.39, 0.29) is 0 Å². The Labute approximate surface area is 107 Å². The molecular weight excluding hydrogens is 249 g/mol. The minimum atomic E-state index is -0.784. The smallest absolute Gasteiger partial charge is 0.200 e. The third-order valence-electron chi connectivity index (χ3n) is 2.50. The maximum atomic E-state index is 6.08. The second kappa shape index (κ2) is 7.05. The lowest BCUT2D eigenvalue weighted by atomic mass is 10.1. The molecule has 0 saturated heterocycles. The lowest BCUT2D eigenvalue weighted by Gasteiger charge is -2.24. The molecule has 0 aromatic heterocycles. The second-order valence-electron chi connectivity index (χ2n) is 3.87. The molecule has 0 aromatic carbocycles. The molecule has 0 aromatic rings. The fraction of sp³-hybridized carbons (Fsp3) is 0.818. The van der Waals surface area contributed by atoms with Crippen LogP contribution in [0.2, 0.25) is 0 Å². The van der Waals surface area contributed by atoms with Gasteiger partial charge in [-0.3, -0.25) is 0 Å². The molecule has 15 heavy (non-hydrogen) atoms. The quantitative estimate of drug-likeness (QED) is 0.278. The van der Waals surface area contributed by atoms with Gasteiger partial charge in [0.15, 0.2) is 4.46 Å². The van der Waals surface area contributed by atoms with Crippen LogP contribution in [0, 0.1) is 0 Å². The van der Waals surface area contributed by atoms with E-state index in [1.165, 1.54) is 38.5 Å². The number of alkyl halides is 2. The Morgan fingerprint density at radius 2 is 1.80 bits per heavy atom.